The molecule has 21 heavy (non-hydrogen) atoms. The minimum Gasteiger partial charge on any atom is -0.338 e. The highest BCUT2D eigenvalue weighted by Crippen LogP contribution is 2.39. The average Bonchev–Trinajstić information content (AvgIpc) is 2.94. The number of nitrogens with two attached hydrogens (primary N) is 1. The van der Waals surface area contributed by atoms with Crippen LogP contribution in [-0.2, 0) is 14.6 Å². The van der Waals surface area contributed by atoms with Gasteiger partial charge in [-0.15, -0.1) is 0 Å². The molecule has 1 amide bonds. The third-order valence-electron chi connectivity index (χ3n) is 5.18. The number of amides is 1. The molecule has 2 aliphatic rings. The Morgan fingerprint density at radius 2 is 2.10 bits per heavy atom. The number of sulfone groups is 1. The van der Waals surface area contributed by atoms with E-state index in [0.29, 0.717) is 13.0 Å². The molecule has 0 aromatic rings. The van der Waals surface area contributed by atoms with Crippen LogP contribution in [0.4, 0.5) is 0 Å². The predicted molar refractivity (Wildman–Crippen MR) is 83.6 cm³/mol. The summed E-state index contributed by atoms with van der Waals surface area (Å²) >= 11 is 0. The lowest BCUT2D eigenvalue weighted by Crippen LogP contribution is -2.53. The van der Waals surface area contributed by atoms with E-state index in [1.54, 1.807) is 0 Å². The summed E-state index contributed by atoms with van der Waals surface area (Å²) in [5.41, 5.74) is 5.65. The van der Waals surface area contributed by atoms with E-state index in [2.05, 4.69) is 6.92 Å². The minimum absolute atomic E-state index is 0.0723. The molecule has 0 bridgehead atoms. The fraction of sp³-hybridized carbons (Fsp3) is 0.933. The first-order valence-electron chi connectivity index (χ1n) is 8.07. The van der Waals surface area contributed by atoms with Crippen molar-refractivity contribution in [3.63, 3.8) is 0 Å². The van der Waals surface area contributed by atoms with E-state index in [4.69, 9.17) is 5.73 Å². The highest BCUT2D eigenvalue weighted by Gasteiger charge is 2.47. The molecule has 1 heterocycles. The molecule has 6 heteroatoms. The first-order valence-corrected chi connectivity index (χ1v) is 9.89. The molecule has 0 aromatic carbocycles. The van der Waals surface area contributed by atoms with Crippen LogP contribution >= 0.6 is 0 Å². The number of rotatable bonds is 5. The van der Waals surface area contributed by atoms with Gasteiger partial charge in [0.1, 0.15) is 0 Å². The van der Waals surface area contributed by atoms with E-state index in [9.17, 15) is 13.2 Å². The van der Waals surface area contributed by atoms with Crippen LogP contribution in [0.2, 0.25) is 0 Å². The van der Waals surface area contributed by atoms with E-state index in [0.717, 1.165) is 32.1 Å². The summed E-state index contributed by atoms with van der Waals surface area (Å²) in [7, 11) is -2.98. The summed E-state index contributed by atoms with van der Waals surface area (Å²) in [4.78, 5) is 14.9. The molecule has 1 aliphatic heterocycles. The number of hydrogen-bond acceptors (Lipinski definition) is 4. The monoisotopic (exact) mass is 316 g/mol. The molecule has 3 atom stereocenters. The Morgan fingerprint density at radius 1 is 1.38 bits per heavy atom. The van der Waals surface area contributed by atoms with Crippen molar-refractivity contribution in [2.75, 3.05) is 18.1 Å². The van der Waals surface area contributed by atoms with E-state index < -0.39 is 15.3 Å². The summed E-state index contributed by atoms with van der Waals surface area (Å²) in [6, 6.07) is -0.259. The van der Waals surface area contributed by atoms with Gasteiger partial charge in [0.15, 0.2) is 9.84 Å². The standard InChI is InChI=1S/C15H28N2O3S/c1-3-4-9-17(12-7-10-21(19,20)11-12)14(18)15(2)8-5-6-13(15)16/h12-13H,3-11,16H2,1-2H3. The van der Waals surface area contributed by atoms with Gasteiger partial charge in [-0.2, -0.15) is 0 Å². The molecule has 3 unspecified atom stereocenters. The Labute approximate surface area is 128 Å². The lowest BCUT2D eigenvalue weighted by molar-refractivity contribution is -0.143. The molecule has 0 radical (unpaired) electrons. The zero-order chi connectivity index (χ0) is 15.7. The van der Waals surface area contributed by atoms with Crippen LogP contribution in [0.5, 0.6) is 0 Å². The van der Waals surface area contributed by atoms with Gasteiger partial charge in [0.2, 0.25) is 5.91 Å². The minimum atomic E-state index is -2.98. The topological polar surface area (TPSA) is 80.5 Å². The summed E-state index contributed by atoms with van der Waals surface area (Å²) in [5.74, 6) is 0.396. The SMILES string of the molecule is CCCCN(C(=O)C1(C)CCCC1N)C1CCS(=O)(=O)C1. The lowest BCUT2D eigenvalue weighted by Gasteiger charge is -2.37. The summed E-state index contributed by atoms with van der Waals surface area (Å²) in [6.07, 6.45) is 5.15. The third kappa shape index (κ3) is 3.42. The molecular formula is C15H28N2O3S. The van der Waals surface area contributed by atoms with Gasteiger partial charge >= 0.3 is 0 Å². The predicted octanol–water partition coefficient (Wildman–Crippen LogP) is 1.32. The van der Waals surface area contributed by atoms with Crippen LogP contribution in [0.15, 0.2) is 0 Å². The van der Waals surface area contributed by atoms with Gasteiger partial charge in [-0.1, -0.05) is 19.8 Å². The van der Waals surface area contributed by atoms with Crippen molar-refractivity contribution in [1.82, 2.24) is 4.90 Å². The summed E-state index contributed by atoms with van der Waals surface area (Å²) in [6.45, 7) is 4.68. The molecule has 122 valence electrons. The first kappa shape index (κ1) is 16.7. The van der Waals surface area contributed by atoms with Gasteiger partial charge in [0.05, 0.1) is 16.9 Å². The summed E-state index contributed by atoms with van der Waals surface area (Å²) < 4.78 is 23.5. The molecule has 1 saturated heterocycles. The van der Waals surface area contributed by atoms with Crippen molar-refractivity contribution >= 4 is 15.7 Å². The Bertz CT molecular complexity index is 491. The number of nitrogens with zero attached hydrogens (tertiary/aromatic N) is 1. The highest BCUT2D eigenvalue weighted by molar-refractivity contribution is 7.91. The Morgan fingerprint density at radius 3 is 2.57 bits per heavy atom. The van der Waals surface area contributed by atoms with E-state index in [-0.39, 0.29) is 29.5 Å². The molecule has 1 aliphatic carbocycles. The maximum atomic E-state index is 13.0. The molecule has 2 rings (SSSR count). The van der Waals surface area contributed by atoms with Crippen LogP contribution in [0.3, 0.4) is 0 Å². The van der Waals surface area contributed by atoms with Gasteiger partial charge < -0.3 is 10.6 Å². The van der Waals surface area contributed by atoms with Crippen LogP contribution < -0.4 is 5.73 Å². The average molecular weight is 316 g/mol. The zero-order valence-corrected chi connectivity index (χ0v) is 14.0. The molecule has 2 fully saturated rings. The highest BCUT2D eigenvalue weighted by atomic mass is 32.2. The fourth-order valence-electron chi connectivity index (χ4n) is 3.59. The van der Waals surface area contributed by atoms with Gasteiger partial charge in [0.25, 0.3) is 0 Å². The molecule has 5 nitrogen and oxygen atoms in total. The number of unbranched alkanes of at least 4 members (excludes halogenated alkanes) is 1. The van der Waals surface area contributed by atoms with Crippen molar-refractivity contribution in [1.29, 1.82) is 0 Å². The second-order valence-electron chi connectivity index (χ2n) is 6.83. The smallest absolute Gasteiger partial charge is 0.230 e. The maximum Gasteiger partial charge on any atom is 0.230 e. The van der Waals surface area contributed by atoms with E-state index in [1.807, 2.05) is 11.8 Å². The first-order chi connectivity index (χ1) is 9.80. The van der Waals surface area contributed by atoms with E-state index >= 15 is 0 Å². The largest absolute Gasteiger partial charge is 0.338 e. The fourth-order valence-corrected chi connectivity index (χ4v) is 5.32. The molecular weight excluding hydrogens is 288 g/mol. The number of carbonyl (C=O) groups excluding carboxylic acids is 1. The zero-order valence-electron chi connectivity index (χ0n) is 13.2. The van der Waals surface area contributed by atoms with Gasteiger partial charge in [-0.05, 0) is 32.6 Å². The molecule has 0 aromatic heterocycles. The van der Waals surface area contributed by atoms with Crippen LogP contribution in [-0.4, -0.2) is 49.4 Å². The molecule has 2 N–H and O–H groups in total. The van der Waals surface area contributed by atoms with E-state index in [1.165, 1.54) is 0 Å². The van der Waals surface area contributed by atoms with Crippen molar-refractivity contribution in [3.8, 4) is 0 Å². The number of carbonyl (C=O) groups is 1. The van der Waals surface area contributed by atoms with Crippen molar-refractivity contribution in [3.05, 3.63) is 0 Å². The maximum absolute atomic E-state index is 13.0. The quantitative estimate of drug-likeness (QED) is 0.829. The third-order valence-corrected chi connectivity index (χ3v) is 6.93. The van der Waals surface area contributed by atoms with Crippen molar-refractivity contribution in [2.24, 2.45) is 11.1 Å². The van der Waals surface area contributed by atoms with Crippen molar-refractivity contribution in [2.45, 2.75) is 64.5 Å². The second-order valence-corrected chi connectivity index (χ2v) is 9.05. The summed E-state index contributed by atoms with van der Waals surface area (Å²) in [5, 5.41) is 0. The lowest BCUT2D eigenvalue weighted by atomic mass is 9.83. The molecule has 0 spiro atoms. The van der Waals surface area contributed by atoms with Crippen LogP contribution in [0.1, 0.15) is 52.4 Å². The van der Waals surface area contributed by atoms with Gasteiger partial charge in [0, 0.05) is 18.6 Å². The normalized spacial score (nSPS) is 35.0. The van der Waals surface area contributed by atoms with Crippen LogP contribution in [0.25, 0.3) is 0 Å². The van der Waals surface area contributed by atoms with Crippen molar-refractivity contribution < 1.29 is 13.2 Å². The Kier molecular flexibility index (Phi) is 4.98. The Balaban J connectivity index is 2.18. The Hall–Kier alpha value is -0.620. The number of hydrogen-bond donors (Lipinski definition) is 1. The van der Waals surface area contributed by atoms with Gasteiger partial charge in [-0.3, -0.25) is 4.79 Å². The second kappa shape index (κ2) is 6.24. The van der Waals surface area contributed by atoms with Crippen LogP contribution in [0, 0.1) is 5.41 Å². The van der Waals surface area contributed by atoms with Gasteiger partial charge in [-0.25, -0.2) is 8.42 Å². The molecule has 1 saturated carbocycles.